The molecule has 0 N–H and O–H groups in total. The molecule has 0 aliphatic heterocycles. The van der Waals surface area contributed by atoms with Gasteiger partial charge < -0.3 is 0 Å². The Bertz CT molecular complexity index is 2280. The molecule has 9 rings (SSSR count). The minimum Gasteiger partial charge on any atom is -0.289 e. The number of nitrogens with zero attached hydrogens (tertiary/aromatic N) is 3. The molecule has 3 heteroatoms. The molecule has 0 fully saturated rings. The van der Waals surface area contributed by atoms with Crippen molar-refractivity contribution >= 4 is 38.1 Å². The van der Waals surface area contributed by atoms with Crippen molar-refractivity contribution in [1.82, 2.24) is 9.55 Å². The largest absolute Gasteiger partial charge is 0.289 e. The number of rotatable bonds is 2. The zero-order chi connectivity index (χ0) is 25.5. The Labute approximate surface area is 224 Å². The van der Waals surface area contributed by atoms with E-state index in [2.05, 4.69) is 143 Å². The van der Waals surface area contributed by atoms with Crippen LogP contribution in [0.2, 0.25) is 0 Å². The van der Waals surface area contributed by atoms with Crippen LogP contribution in [0.25, 0.3) is 77.4 Å². The molecule has 39 heavy (non-hydrogen) atoms. The van der Waals surface area contributed by atoms with E-state index in [1.165, 1.54) is 54.8 Å². The van der Waals surface area contributed by atoms with Gasteiger partial charge in [-0.1, -0.05) is 91.0 Å². The third-order valence-corrected chi connectivity index (χ3v) is 8.20. The Hall–Kier alpha value is -5.28. The highest BCUT2D eigenvalue weighted by molar-refractivity contribution is 6.30. The maximum atomic E-state index is 5.35. The van der Waals surface area contributed by atoms with E-state index in [-0.39, 0.29) is 0 Å². The Kier molecular flexibility index (Phi) is 4.05. The number of benzene rings is 5. The number of pyridine rings is 1. The second-order valence-corrected chi connectivity index (χ2v) is 10.3. The van der Waals surface area contributed by atoms with Crippen LogP contribution in [0, 0.1) is 0 Å². The summed E-state index contributed by atoms with van der Waals surface area (Å²) in [4.78, 5) is 5.35. The van der Waals surface area contributed by atoms with E-state index >= 15 is 0 Å². The lowest BCUT2D eigenvalue weighted by Gasteiger charge is -2.13. The zero-order valence-electron chi connectivity index (χ0n) is 21.0. The van der Waals surface area contributed by atoms with Gasteiger partial charge in [0.25, 0.3) is 0 Å². The van der Waals surface area contributed by atoms with Crippen molar-refractivity contribution in [3.8, 4) is 39.3 Å². The van der Waals surface area contributed by atoms with Crippen molar-refractivity contribution in [2.24, 2.45) is 0 Å². The van der Waals surface area contributed by atoms with Gasteiger partial charge in [-0.3, -0.25) is 4.57 Å². The zero-order valence-corrected chi connectivity index (χ0v) is 21.0. The van der Waals surface area contributed by atoms with Crippen molar-refractivity contribution in [3.05, 3.63) is 134 Å². The minimum atomic E-state index is 0.903. The van der Waals surface area contributed by atoms with Gasteiger partial charge in [0, 0.05) is 28.5 Å². The van der Waals surface area contributed by atoms with Crippen molar-refractivity contribution in [1.29, 1.82) is 0 Å². The van der Waals surface area contributed by atoms with E-state index in [0.717, 1.165) is 22.6 Å². The highest BCUT2D eigenvalue weighted by Crippen LogP contribution is 2.49. The summed E-state index contributed by atoms with van der Waals surface area (Å²) in [6.07, 6.45) is 4.27. The van der Waals surface area contributed by atoms with Crippen molar-refractivity contribution in [3.63, 3.8) is 0 Å². The summed E-state index contributed by atoms with van der Waals surface area (Å²) in [5, 5.41) is 5.16. The average molecular weight is 497 g/mol. The van der Waals surface area contributed by atoms with Gasteiger partial charge in [0.2, 0.25) is 17.5 Å². The van der Waals surface area contributed by atoms with E-state index in [9.17, 15) is 0 Å². The summed E-state index contributed by atoms with van der Waals surface area (Å²) in [7, 11) is 0. The maximum absolute atomic E-state index is 5.35. The molecule has 0 spiro atoms. The van der Waals surface area contributed by atoms with Gasteiger partial charge in [0.05, 0.1) is 11.0 Å². The SMILES string of the molecule is c1ccc(-c2nc(-n3c4cccc5c4c4c6c(cccc6ccc43)-c3ccccc3-5)c[n+]3ccccc23)cc1. The van der Waals surface area contributed by atoms with Crippen LogP contribution >= 0.6 is 0 Å². The fourth-order valence-corrected chi connectivity index (χ4v) is 6.59. The highest BCUT2D eigenvalue weighted by Gasteiger charge is 2.26. The fraction of sp³-hybridized carbons (Fsp3) is 0. The van der Waals surface area contributed by atoms with Crippen LogP contribution in [-0.4, -0.2) is 9.55 Å². The van der Waals surface area contributed by atoms with E-state index in [4.69, 9.17) is 4.98 Å². The average Bonchev–Trinajstić information content (AvgIpc) is 3.29. The summed E-state index contributed by atoms with van der Waals surface area (Å²) < 4.78 is 4.55. The molecule has 0 bridgehead atoms. The molecule has 3 nitrogen and oxygen atoms in total. The molecular weight excluding hydrogens is 474 g/mol. The first-order valence-electron chi connectivity index (χ1n) is 13.3. The number of fused-ring (bicyclic) bond motifs is 4. The highest BCUT2D eigenvalue weighted by atomic mass is 15.1. The van der Waals surface area contributed by atoms with E-state index in [1.807, 2.05) is 0 Å². The molecule has 0 radical (unpaired) electrons. The quantitative estimate of drug-likeness (QED) is 0.220. The Morgan fingerprint density at radius 3 is 2.05 bits per heavy atom. The van der Waals surface area contributed by atoms with Crippen LogP contribution in [0.15, 0.2) is 134 Å². The molecule has 3 heterocycles. The van der Waals surface area contributed by atoms with E-state index in [0.29, 0.717) is 0 Å². The molecule has 0 unspecified atom stereocenters. The second kappa shape index (κ2) is 7.62. The molecule has 8 aromatic rings. The van der Waals surface area contributed by atoms with Crippen LogP contribution in [0.3, 0.4) is 0 Å². The van der Waals surface area contributed by atoms with Gasteiger partial charge in [0.15, 0.2) is 6.20 Å². The van der Waals surface area contributed by atoms with Gasteiger partial charge >= 0.3 is 0 Å². The van der Waals surface area contributed by atoms with Crippen LogP contribution in [0.4, 0.5) is 0 Å². The van der Waals surface area contributed by atoms with Crippen molar-refractivity contribution < 1.29 is 4.40 Å². The van der Waals surface area contributed by atoms with Gasteiger partial charge in [-0.15, -0.1) is 0 Å². The fourth-order valence-electron chi connectivity index (χ4n) is 6.59. The molecule has 0 atom stereocenters. The Balaban J connectivity index is 1.49. The van der Waals surface area contributed by atoms with Gasteiger partial charge in [0.1, 0.15) is 5.69 Å². The van der Waals surface area contributed by atoms with Crippen LogP contribution in [0.1, 0.15) is 0 Å². The summed E-state index contributed by atoms with van der Waals surface area (Å²) in [5.74, 6) is 0.903. The van der Waals surface area contributed by atoms with Crippen molar-refractivity contribution in [2.45, 2.75) is 0 Å². The standard InChI is InChI=1S/C36H22N3/c1-2-10-24(11-3-1)36-31-17-6-7-21-38(31)22-32(37-36)39-29-18-9-16-28-26-14-5-4-13-25(26)27-15-8-12-23-19-20-30(39)35(33(23)27)34(28)29/h1-22H/q+1. The third-order valence-electron chi connectivity index (χ3n) is 8.20. The summed E-state index contributed by atoms with van der Waals surface area (Å²) >= 11 is 0. The Morgan fingerprint density at radius 2 is 1.21 bits per heavy atom. The second-order valence-electron chi connectivity index (χ2n) is 10.3. The number of aromatic nitrogens is 3. The molecule has 3 aromatic heterocycles. The predicted molar refractivity (Wildman–Crippen MR) is 159 cm³/mol. The number of hydrogen-bond acceptors (Lipinski definition) is 1. The molecule has 1 aliphatic rings. The van der Waals surface area contributed by atoms with Crippen LogP contribution in [-0.2, 0) is 0 Å². The molecule has 0 amide bonds. The third kappa shape index (κ3) is 2.76. The first kappa shape index (κ1) is 20.7. The monoisotopic (exact) mass is 496 g/mol. The lowest BCUT2D eigenvalue weighted by Crippen LogP contribution is -2.24. The van der Waals surface area contributed by atoms with Crippen LogP contribution in [0.5, 0.6) is 0 Å². The first-order chi connectivity index (χ1) is 19.4. The summed E-state index contributed by atoms with van der Waals surface area (Å²) in [5.41, 5.74) is 10.6. The topological polar surface area (TPSA) is 21.9 Å². The predicted octanol–water partition coefficient (Wildman–Crippen LogP) is 8.39. The van der Waals surface area contributed by atoms with E-state index in [1.54, 1.807) is 0 Å². The normalized spacial score (nSPS) is 12.1. The molecular formula is C36H22N3+. The van der Waals surface area contributed by atoms with Gasteiger partial charge in [-0.25, -0.2) is 4.98 Å². The van der Waals surface area contributed by atoms with Crippen LogP contribution < -0.4 is 4.40 Å². The summed E-state index contributed by atoms with van der Waals surface area (Å²) in [6, 6.07) is 43.5. The molecule has 5 aromatic carbocycles. The number of hydrogen-bond donors (Lipinski definition) is 0. The molecule has 1 aliphatic carbocycles. The molecule has 0 saturated heterocycles. The van der Waals surface area contributed by atoms with Gasteiger partial charge in [-0.2, -0.15) is 4.40 Å². The maximum Gasteiger partial charge on any atom is 0.237 e. The minimum absolute atomic E-state index is 0.903. The molecule has 0 saturated carbocycles. The molecule has 180 valence electrons. The van der Waals surface area contributed by atoms with Crippen molar-refractivity contribution in [2.75, 3.05) is 0 Å². The lowest BCUT2D eigenvalue weighted by molar-refractivity contribution is -0.511. The lowest BCUT2D eigenvalue weighted by atomic mass is 9.93. The summed E-state index contributed by atoms with van der Waals surface area (Å²) in [6.45, 7) is 0. The smallest absolute Gasteiger partial charge is 0.237 e. The Morgan fingerprint density at radius 1 is 0.513 bits per heavy atom. The first-order valence-corrected chi connectivity index (χ1v) is 13.3. The van der Waals surface area contributed by atoms with E-state index < -0.39 is 0 Å². The van der Waals surface area contributed by atoms with Gasteiger partial charge in [-0.05, 0) is 51.2 Å².